The Morgan fingerprint density at radius 2 is 2.05 bits per heavy atom. The maximum atomic E-state index is 6.11. The summed E-state index contributed by atoms with van der Waals surface area (Å²) in [5, 5.41) is 12.1. The van der Waals surface area contributed by atoms with Gasteiger partial charge in [0.15, 0.2) is 0 Å². The molecule has 0 fully saturated rings. The van der Waals surface area contributed by atoms with Crippen LogP contribution >= 0.6 is 0 Å². The quantitative estimate of drug-likeness (QED) is 0.824. The first-order valence-corrected chi connectivity index (χ1v) is 6.65. The van der Waals surface area contributed by atoms with Crippen molar-refractivity contribution in [2.45, 2.75) is 26.2 Å². The molecule has 2 aromatic heterocycles. The number of aromatic nitrogens is 4. The van der Waals surface area contributed by atoms with Crippen LogP contribution in [-0.2, 0) is 26.9 Å². The van der Waals surface area contributed by atoms with E-state index in [1.165, 1.54) is 0 Å². The molecule has 0 atom stereocenters. The molecule has 0 saturated heterocycles. The lowest BCUT2D eigenvalue weighted by Gasteiger charge is -2.06. The molecule has 0 unspecified atom stereocenters. The zero-order valence-electron chi connectivity index (χ0n) is 11.8. The van der Waals surface area contributed by atoms with E-state index >= 15 is 0 Å². The SMILES string of the molecule is CCCc1nn(C)c(NCCc2ccn(C)n2)c1N. The normalized spacial score (nSPS) is 10.9. The fourth-order valence-corrected chi connectivity index (χ4v) is 2.13. The summed E-state index contributed by atoms with van der Waals surface area (Å²) >= 11 is 0. The van der Waals surface area contributed by atoms with Gasteiger partial charge in [-0.25, -0.2) is 0 Å². The van der Waals surface area contributed by atoms with Gasteiger partial charge in [0.25, 0.3) is 0 Å². The van der Waals surface area contributed by atoms with Gasteiger partial charge in [0.2, 0.25) is 0 Å². The van der Waals surface area contributed by atoms with Crippen molar-refractivity contribution in [3.63, 3.8) is 0 Å². The van der Waals surface area contributed by atoms with Crippen LogP contribution in [0.4, 0.5) is 11.5 Å². The molecule has 2 aromatic rings. The molecule has 2 heterocycles. The Morgan fingerprint density at radius 1 is 1.26 bits per heavy atom. The van der Waals surface area contributed by atoms with Gasteiger partial charge in [-0.15, -0.1) is 0 Å². The largest absolute Gasteiger partial charge is 0.394 e. The molecule has 2 rings (SSSR count). The average Bonchev–Trinajstić information content (AvgIpc) is 2.89. The van der Waals surface area contributed by atoms with Crippen molar-refractivity contribution in [2.75, 3.05) is 17.6 Å². The first kappa shape index (κ1) is 13.5. The number of aryl methyl sites for hydroxylation is 3. The van der Waals surface area contributed by atoms with Crippen LogP contribution in [-0.4, -0.2) is 26.1 Å². The summed E-state index contributed by atoms with van der Waals surface area (Å²) in [6, 6.07) is 2.02. The Bertz CT molecular complexity index is 539. The monoisotopic (exact) mass is 262 g/mol. The predicted octanol–water partition coefficient (Wildman–Crippen LogP) is 1.34. The number of nitrogen functional groups attached to an aromatic ring is 1. The molecular formula is C13H22N6. The third-order valence-electron chi connectivity index (χ3n) is 3.09. The van der Waals surface area contributed by atoms with Gasteiger partial charge in [0.05, 0.1) is 17.1 Å². The molecule has 0 amide bonds. The van der Waals surface area contributed by atoms with E-state index in [-0.39, 0.29) is 0 Å². The number of hydrogen-bond donors (Lipinski definition) is 2. The summed E-state index contributed by atoms with van der Waals surface area (Å²) in [7, 11) is 3.84. The van der Waals surface area contributed by atoms with Gasteiger partial charge in [-0.3, -0.25) is 9.36 Å². The van der Waals surface area contributed by atoms with E-state index in [1.807, 2.05) is 35.7 Å². The van der Waals surface area contributed by atoms with Crippen molar-refractivity contribution < 1.29 is 0 Å². The molecule has 0 spiro atoms. The van der Waals surface area contributed by atoms with Crippen LogP contribution in [0.25, 0.3) is 0 Å². The van der Waals surface area contributed by atoms with Gasteiger partial charge in [0, 0.05) is 33.3 Å². The zero-order valence-corrected chi connectivity index (χ0v) is 11.8. The van der Waals surface area contributed by atoms with Crippen LogP contribution in [0.2, 0.25) is 0 Å². The Hall–Kier alpha value is -1.98. The molecule has 6 heteroatoms. The third kappa shape index (κ3) is 3.07. The first-order valence-electron chi connectivity index (χ1n) is 6.65. The summed E-state index contributed by atoms with van der Waals surface area (Å²) in [5.74, 6) is 0.902. The van der Waals surface area contributed by atoms with E-state index in [4.69, 9.17) is 5.73 Å². The first-order chi connectivity index (χ1) is 9.11. The minimum atomic E-state index is 0.769. The Kier molecular flexibility index (Phi) is 4.09. The van der Waals surface area contributed by atoms with Crippen LogP contribution in [0.1, 0.15) is 24.7 Å². The summed E-state index contributed by atoms with van der Waals surface area (Å²) in [6.07, 6.45) is 4.79. The van der Waals surface area contributed by atoms with Crippen LogP contribution in [0.5, 0.6) is 0 Å². The lowest BCUT2D eigenvalue weighted by molar-refractivity contribution is 0.728. The van der Waals surface area contributed by atoms with Gasteiger partial charge >= 0.3 is 0 Å². The Morgan fingerprint density at radius 3 is 2.68 bits per heavy atom. The minimum Gasteiger partial charge on any atom is -0.394 e. The Labute approximate surface area is 113 Å². The van der Waals surface area contributed by atoms with Crippen LogP contribution in [0.15, 0.2) is 12.3 Å². The van der Waals surface area contributed by atoms with Gasteiger partial charge < -0.3 is 11.1 Å². The molecule has 0 saturated carbocycles. The molecule has 104 valence electrons. The van der Waals surface area contributed by atoms with E-state index in [0.717, 1.165) is 48.7 Å². The van der Waals surface area contributed by atoms with E-state index in [2.05, 4.69) is 22.4 Å². The molecule has 0 radical (unpaired) electrons. The fourth-order valence-electron chi connectivity index (χ4n) is 2.13. The van der Waals surface area contributed by atoms with Crippen molar-refractivity contribution in [1.82, 2.24) is 19.6 Å². The van der Waals surface area contributed by atoms with Gasteiger partial charge in [-0.05, 0) is 12.5 Å². The molecule has 6 nitrogen and oxygen atoms in total. The van der Waals surface area contributed by atoms with Crippen molar-refractivity contribution in [2.24, 2.45) is 14.1 Å². The van der Waals surface area contributed by atoms with Crippen molar-refractivity contribution in [1.29, 1.82) is 0 Å². The van der Waals surface area contributed by atoms with Gasteiger partial charge in [-0.1, -0.05) is 13.3 Å². The maximum Gasteiger partial charge on any atom is 0.147 e. The van der Waals surface area contributed by atoms with Crippen molar-refractivity contribution in [3.8, 4) is 0 Å². The highest BCUT2D eigenvalue weighted by Gasteiger charge is 2.11. The Balaban J connectivity index is 1.95. The fraction of sp³-hybridized carbons (Fsp3) is 0.538. The number of nitrogens with two attached hydrogens (primary N) is 1. The highest BCUT2D eigenvalue weighted by atomic mass is 15.3. The van der Waals surface area contributed by atoms with Crippen LogP contribution in [0.3, 0.4) is 0 Å². The smallest absolute Gasteiger partial charge is 0.147 e. The van der Waals surface area contributed by atoms with Crippen LogP contribution in [0, 0.1) is 0 Å². The summed E-state index contributed by atoms with van der Waals surface area (Å²) in [6.45, 7) is 2.93. The van der Waals surface area contributed by atoms with E-state index < -0.39 is 0 Å². The lowest BCUT2D eigenvalue weighted by Crippen LogP contribution is -2.10. The van der Waals surface area contributed by atoms with Crippen LogP contribution < -0.4 is 11.1 Å². The molecule has 0 aliphatic rings. The number of hydrogen-bond acceptors (Lipinski definition) is 4. The molecule has 0 aliphatic carbocycles. The highest BCUT2D eigenvalue weighted by Crippen LogP contribution is 2.22. The summed E-state index contributed by atoms with van der Waals surface area (Å²) in [5.41, 5.74) is 8.93. The predicted molar refractivity (Wildman–Crippen MR) is 77.0 cm³/mol. The van der Waals surface area contributed by atoms with E-state index in [0.29, 0.717) is 0 Å². The van der Waals surface area contributed by atoms with Crippen molar-refractivity contribution in [3.05, 3.63) is 23.7 Å². The van der Waals surface area contributed by atoms with Gasteiger partial charge in [0.1, 0.15) is 5.82 Å². The average molecular weight is 262 g/mol. The molecule has 19 heavy (non-hydrogen) atoms. The minimum absolute atomic E-state index is 0.769. The second-order valence-electron chi connectivity index (χ2n) is 4.74. The molecule has 0 aliphatic heterocycles. The summed E-state index contributed by atoms with van der Waals surface area (Å²) in [4.78, 5) is 0. The summed E-state index contributed by atoms with van der Waals surface area (Å²) < 4.78 is 3.63. The standard InChI is InChI=1S/C13H22N6/c1-4-5-11-12(14)13(19(3)17-11)15-8-6-10-7-9-18(2)16-10/h7,9,15H,4-6,8,14H2,1-3H3. The molecule has 0 aromatic carbocycles. The maximum absolute atomic E-state index is 6.11. The third-order valence-corrected chi connectivity index (χ3v) is 3.09. The highest BCUT2D eigenvalue weighted by molar-refractivity contribution is 5.65. The van der Waals surface area contributed by atoms with Crippen molar-refractivity contribution >= 4 is 11.5 Å². The topological polar surface area (TPSA) is 73.7 Å². The van der Waals surface area contributed by atoms with E-state index in [9.17, 15) is 0 Å². The van der Waals surface area contributed by atoms with Gasteiger partial charge in [-0.2, -0.15) is 10.2 Å². The number of rotatable bonds is 6. The number of nitrogens with one attached hydrogen (secondary N) is 1. The second kappa shape index (κ2) is 5.77. The molecule has 3 N–H and O–H groups in total. The number of nitrogens with zero attached hydrogens (tertiary/aromatic N) is 4. The zero-order chi connectivity index (χ0) is 13.8. The number of anilines is 2. The lowest BCUT2D eigenvalue weighted by atomic mass is 10.2. The second-order valence-corrected chi connectivity index (χ2v) is 4.74. The molecule has 0 bridgehead atoms. The van der Waals surface area contributed by atoms with E-state index in [1.54, 1.807) is 0 Å². The molecular weight excluding hydrogens is 240 g/mol.